The summed E-state index contributed by atoms with van der Waals surface area (Å²) in [6.45, 7) is 12.0. The highest BCUT2D eigenvalue weighted by molar-refractivity contribution is 5.81. The third-order valence-electron chi connectivity index (χ3n) is 3.55. The zero-order chi connectivity index (χ0) is 15.3. The van der Waals surface area contributed by atoms with E-state index in [1.54, 1.807) is 6.92 Å². The standard InChI is InChI=1S/C17H27NO2/c1-7-8-13(4)18-17(19)15(6)20-16-10-11(2)9-12(3)14(16)5/h9-10,13,15H,7-8H2,1-6H3,(H,18,19). The van der Waals surface area contributed by atoms with Gasteiger partial charge < -0.3 is 10.1 Å². The van der Waals surface area contributed by atoms with E-state index in [1.165, 1.54) is 5.56 Å². The summed E-state index contributed by atoms with van der Waals surface area (Å²) in [5.41, 5.74) is 3.43. The van der Waals surface area contributed by atoms with Gasteiger partial charge in [0.2, 0.25) is 0 Å². The van der Waals surface area contributed by atoms with Gasteiger partial charge in [0.15, 0.2) is 6.10 Å². The number of hydrogen-bond acceptors (Lipinski definition) is 2. The third kappa shape index (κ3) is 4.55. The molecule has 0 aliphatic rings. The van der Waals surface area contributed by atoms with Crippen LogP contribution in [0.3, 0.4) is 0 Å². The first-order valence-electron chi connectivity index (χ1n) is 7.40. The Labute approximate surface area is 122 Å². The summed E-state index contributed by atoms with van der Waals surface area (Å²) < 4.78 is 5.84. The maximum absolute atomic E-state index is 12.1. The van der Waals surface area contributed by atoms with Crippen LogP contribution in [0.4, 0.5) is 0 Å². The minimum absolute atomic E-state index is 0.0514. The maximum atomic E-state index is 12.1. The zero-order valence-corrected chi connectivity index (χ0v) is 13.5. The predicted octanol–water partition coefficient (Wildman–Crippen LogP) is 3.68. The Kier molecular flexibility index (Phi) is 6.05. The fourth-order valence-electron chi connectivity index (χ4n) is 2.23. The molecule has 0 aliphatic carbocycles. The molecule has 2 atom stereocenters. The van der Waals surface area contributed by atoms with Crippen LogP contribution in [-0.2, 0) is 4.79 Å². The summed E-state index contributed by atoms with van der Waals surface area (Å²) in [5, 5.41) is 2.99. The summed E-state index contributed by atoms with van der Waals surface area (Å²) in [7, 11) is 0. The van der Waals surface area contributed by atoms with E-state index in [2.05, 4.69) is 25.2 Å². The normalized spacial score (nSPS) is 13.7. The summed E-state index contributed by atoms with van der Waals surface area (Å²) in [6.07, 6.45) is 1.57. The molecule has 0 aliphatic heterocycles. The van der Waals surface area contributed by atoms with E-state index in [9.17, 15) is 4.79 Å². The van der Waals surface area contributed by atoms with Crippen molar-refractivity contribution in [2.45, 2.75) is 66.5 Å². The molecule has 0 spiro atoms. The monoisotopic (exact) mass is 277 g/mol. The Balaban J connectivity index is 2.71. The summed E-state index contributed by atoms with van der Waals surface area (Å²) >= 11 is 0. The molecule has 1 N–H and O–H groups in total. The van der Waals surface area contributed by atoms with Gasteiger partial charge in [0.25, 0.3) is 5.91 Å². The quantitative estimate of drug-likeness (QED) is 0.861. The highest BCUT2D eigenvalue weighted by atomic mass is 16.5. The second-order valence-electron chi connectivity index (χ2n) is 5.66. The molecule has 0 saturated carbocycles. The number of nitrogens with one attached hydrogen (secondary N) is 1. The van der Waals surface area contributed by atoms with Crippen molar-refractivity contribution in [2.24, 2.45) is 0 Å². The molecule has 3 nitrogen and oxygen atoms in total. The van der Waals surface area contributed by atoms with E-state index in [1.807, 2.05) is 26.8 Å². The van der Waals surface area contributed by atoms with Gasteiger partial charge >= 0.3 is 0 Å². The molecule has 112 valence electrons. The summed E-state index contributed by atoms with van der Waals surface area (Å²) in [5.74, 6) is 0.748. The van der Waals surface area contributed by atoms with Crippen molar-refractivity contribution in [3.05, 3.63) is 28.8 Å². The Hall–Kier alpha value is -1.51. The largest absolute Gasteiger partial charge is 0.481 e. The molecule has 1 rings (SSSR count). The number of ether oxygens (including phenoxy) is 1. The van der Waals surface area contributed by atoms with E-state index in [4.69, 9.17) is 4.74 Å². The lowest BCUT2D eigenvalue weighted by Gasteiger charge is -2.20. The second kappa shape index (κ2) is 7.32. The van der Waals surface area contributed by atoms with Crippen molar-refractivity contribution in [3.8, 4) is 5.75 Å². The van der Waals surface area contributed by atoms with Gasteiger partial charge in [-0.25, -0.2) is 0 Å². The van der Waals surface area contributed by atoms with Crippen LogP contribution in [0.1, 0.15) is 50.3 Å². The highest BCUT2D eigenvalue weighted by Crippen LogP contribution is 2.24. The molecule has 3 heteroatoms. The topological polar surface area (TPSA) is 38.3 Å². The van der Waals surface area contributed by atoms with Gasteiger partial charge in [0.05, 0.1) is 0 Å². The van der Waals surface area contributed by atoms with Crippen LogP contribution in [0.25, 0.3) is 0 Å². The van der Waals surface area contributed by atoms with Crippen molar-refractivity contribution in [3.63, 3.8) is 0 Å². The fourth-order valence-corrected chi connectivity index (χ4v) is 2.23. The number of aryl methyl sites for hydroxylation is 2. The molecular formula is C17H27NO2. The van der Waals surface area contributed by atoms with Gasteiger partial charge in [0, 0.05) is 6.04 Å². The molecule has 20 heavy (non-hydrogen) atoms. The predicted molar refractivity (Wildman–Crippen MR) is 83.3 cm³/mol. The van der Waals surface area contributed by atoms with E-state index < -0.39 is 6.10 Å². The molecule has 0 radical (unpaired) electrons. The molecule has 0 heterocycles. The van der Waals surface area contributed by atoms with Crippen LogP contribution in [0.2, 0.25) is 0 Å². The summed E-state index contributed by atoms with van der Waals surface area (Å²) in [4.78, 5) is 12.1. The molecule has 0 fully saturated rings. The summed E-state index contributed by atoms with van der Waals surface area (Å²) in [6, 6.07) is 4.30. The Morgan fingerprint density at radius 1 is 1.25 bits per heavy atom. The lowest BCUT2D eigenvalue weighted by Crippen LogP contribution is -2.41. The first-order valence-corrected chi connectivity index (χ1v) is 7.40. The molecule has 1 aromatic carbocycles. The zero-order valence-electron chi connectivity index (χ0n) is 13.5. The molecule has 1 aromatic rings. The van der Waals surface area contributed by atoms with Gasteiger partial charge in [0.1, 0.15) is 5.75 Å². The van der Waals surface area contributed by atoms with Crippen molar-refractivity contribution in [1.82, 2.24) is 5.32 Å². The number of carbonyl (C=O) groups excluding carboxylic acids is 1. The smallest absolute Gasteiger partial charge is 0.260 e. The van der Waals surface area contributed by atoms with Gasteiger partial charge in [-0.3, -0.25) is 4.79 Å². The van der Waals surface area contributed by atoms with Crippen LogP contribution in [-0.4, -0.2) is 18.1 Å². The van der Waals surface area contributed by atoms with E-state index in [-0.39, 0.29) is 11.9 Å². The van der Waals surface area contributed by atoms with Crippen molar-refractivity contribution in [1.29, 1.82) is 0 Å². The number of hydrogen-bond donors (Lipinski definition) is 1. The van der Waals surface area contributed by atoms with E-state index in [0.717, 1.165) is 29.7 Å². The third-order valence-corrected chi connectivity index (χ3v) is 3.55. The lowest BCUT2D eigenvalue weighted by atomic mass is 10.1. The van der Waals surface area contributed by atoms with Gasteiger partial charge in [-0.05, 0) is 63.8 Å². The van der Waals surface area contributed by atoms with E-state index >= 15 is 0 Å². The van der Waals surface area contributed by atoms with Crippen LogP contribution in [0.15, 0.2) is 12.1 Å². The molecular weight excluding hydrogens is 250 g/mol. The minimum atomic E-state index is -0.478. The SMILES string of the molecule is CCCC(C)NC(=O)C(C)Oc1cc(C)cc(C)c1C. The Morgan fingerprint density at radius 2 is 1.90 bits per heavy atom. The number of rotatable bonds is 6. The van der Waals surface area contributed by atoms with Crippen LogP contribution in [0.5, 0.6) is 5.75 Å². The number of carbonyl (C=O) groups is 1. The molecule has 0 saturated heterocycles. The number of amides is 1. The van der Waals surface area contributed by atoms with Gasteiger partial charge in [-0.15, -0.1) is 0 Å². The van der Waals surface area contributed by atoms with Crippen molar-refractivity contribution in [2.75, 3.05) is 0 Å². The average Bonchev–Trinajstić information content (AvgIpc) is 2.35. The first kappa shape index (κ1) is 16.5. The van der Waals surface area contributed by atoms with Crippen molar-refractivity contribution < 1.29 is 9.53 Å². The van der Waals surface area contributed by atoms with Crippen LogP contribution in [0, 0.1) is 20.8 Å². The molecule has 0 bridgehead atoms. The van der Waals surface area contributed by atoms with Crippen LogP contribution < -0.4 is 10.1 Å². The highest BCUT2D eigenvalue weighted by Gasteiger charge is 2.17. The molecule has 0 aromatic heterocycles. The first-order chi connectivity index (χ1) is 9.35. The minimum Gasteiger partial charge on any atom is -0.481 e. The number of benzene rings is 1. The molecule has 2 unspecified atom stereocenters. The average molecular weight is 277 g/mol. The van der Waals surface area contributed by atoms with E-state index in [0.29, 0.717) is 0 Å². The van der Waals surface area contributed by atoms with Gasteiger partial charge in [-0.2, -0.15) is 0 Å². The Morgan fingerprint density at radius 3 is 2.50 bits per heavy atom. The lowest BCUT2D eigenvalue weighted by molar-refractivity contribution is -0.127. The van der Waals surface area contributed by atoms with Gasteiger partial charge in [-0.1, -0.05) is 19.4 Å². The second-order valence-corrected chi connectivity index (χ2v) is 5.66. The van der Waals surface area contributed by atoms with Crippen molar-refractivity contribution >= 4 is 5.91 Å². The maximum Gasteiger partial charge on any atom is 0.260 e. The Bertz CT molecular complexity index is 468. The fraction of sp³-hybridized carbons (Fsp3) is 0.588. The molecule has 1 amide bonds. The van der Waals surface area contributed by atoms with Crippen LogP contribution >= 0.6 is 0 Å².